The Labute approximate surface area is 96.5 Å². The van der Waals surface area contributed by atoms with E-state index < -0.39 is 0 Å². The minimum Gasteiger partial charge on any atom is -0.390 e. The maximum atomic E-state index is 9.05. The van der Waals surface area contributed by atoms with Crippen molar-refractivity contribution >= 4 is 5.82 Å². The Bertz CT molecular complexity index is 335. The number of aliphatic hydroxyl groups is 1. The average molecular weight is 221 g/mol. The fraction of sp³-hybridized carbons (Fsp3) is 0.583. The Kier molecular flexibility index (Phi) is 3.74. The number of pyridine rings is 1. The van der Waals surface area contributed by atoms with Crippen molar-refractivity contribution < 1.29 is 5.11 Å². The molecule has 88 valence electrons. The molecule has 1 aromatic rings. The summed E-state index contributed by atoms with van der Waals surface area (Å²) in [6.07, 6.45) is 0. The second kappa shape index (κ2) is 5.27. The fourth-order valence-corrected chi connectivity index (χ4v) is 2.02. The highest BCUT2D eigenvalue weighted by Crippen LogP contribution is 2.14. The van der Waals surface area contributed by atoms with Crippen LogP contribution in [0.2, 0.25) is 0 Å². The molecule has 0 atom stereocenters. The van der Waals surface area contributed by atoms with Gasteiger partial charge < -0.3 is 14.9 Å². The van der Waals surface area contributed by atoms with E-state index in [0.717, 1.165) is 44.2 Å². The van der Waals surface area contributed by atoms with Crippen molar-refractivity contribution in [1.29, 1.82) is 0 Å². The van der Waals surface area contributed by atoms with Crippen molar-refractivity contribution in [2.45, 2.75) is 13.5 Å². The lowest BCUT2D eigenvalue weighted by Crippen LogP contribution is -2.46. The summed E-state index contributed by atoms with van der Waals surface area (Å²) in [6.45, 7) is 7.58. The van der Waals surface area contributed by atoms with E-state index in [-0.39, 0.29) is 6.61 Å². The van der Waals surface area contributed by atoms with Gasteiger partial charge in [-0.1, -0.05) is 13.0 Å². The van der Waals surface area contributed by atoms with Crippen LogP contribution in [-0.2, 0) is 6.61 Å². The maximum absolute atomic E-state index is 9.05. The standard InChI is InChI=1S/C12H19N3O/c1-2-14-6-8-15(9-7-14)12-5-3-4-11(10-16)13-12/h3-5,16H,2,6-10H2,1H3. The van der Waals surface area contributed by atoms with Crippen molar-refractivity contribution in [2.75, 3.05) is 37.6 Å². The Morgan fingerprint density at radius 2 is 2.00 bits per heavy atom. The summed E-state index contributed by atoms with van der Waals surface area (Å²) < 4.78 is 0. The van der Waals surface area contributed by atoms with Crippen molar-refractivity contribution in [3.05, 3.63) is 23.9 Å². The number of hydrogen-bond acceptors (Lipinski definition) is 4. The summed E-state index contributed by atoms with van der Waals surface area (Å²) in [6, 6.07) is 5.83. The molecule has 0 bridgehead atoms. The molecule has 1 aromatic heterocycles. The van der Waals surface area contributed by atoms with Gasteiger partial charge in [0.05, 0.1) is 12.3 Å². The van der Waals surface area contributed by atoms with Crippen LogP contribution < -0.4 is 4.90 Å². The second-order valence-corrected chi connectivity index (χ2v) is 4.07. The third kappa shape index (κ3) is 2.51. The number of likely N-dealkylation sites (N-methyl/N-ethyl adjacent to an activating group) is 1. The highest BCUT2D eigenvalue weighted by molar-refractivity contribution is 5.39. The van der Waals surface area contributed by atoms with E-state index in [9.17, 15) is 0 Å². The van der Waals surface area contributed by atoms with Crippen LogP contribution >= 0.6 is 0 Å². The Morgan fingerprint density at radius 1 is 1.25 bits per heavy atom. The lowest BCUT2D eigenvalue weighted by molar-refractivity contribution is 0.268. The largest absolute Gasteiger partial charge is 0.390 e. The van der Waals surface area contributed by atoms with Crippen LogP contribution in [0.4, 0.5) is 5.82 Å². The minimum absolute atomic E-state index is 0.0166. The van der Waals surface area contributed by atoms with Crippen molar-refractivity contribution in [2.24, 2.45) is 0 Å². The quantitative estimate of drug-likeness (QED) is 0.816. The van der Waals surface area contributed by atoms with Gasteiger partial charge in [0.1, 0.15) is 5.82 Å². The number of hydrogen-bond donors (Lipinski definition) is 1. The lowest BCUT2D eigenvalue weighted by atomic mass is 10.3. The molecule has 0 unspecified atom stereocenters. The molecule has 0 radical (unpaired) electrons. The highest BCUT2D eigenvalue weighted by atomic mass is 16.3. The van der Waals surface area contributed by atoms with Crippen molar-refractivity contribution in [3.63, 3.8) is 0 Å². The van der Waals surface area contributed by atoms with Crippen molar-refractivity contribution in [1.82, 2.24) is 9.88 Å². The van der Waals surface area contributed by atoms with Gasteiger partial charge in [0.25, 0.3) is 0 Å². The SMILES string of the molecule is CCN1CCN(c2cccc(CO)n2)CC1. The number of aromatic nitrogens is 1. The summed E-state index contributed by atoms with van der Waals surface area (Å²) in [5.41, 5.74) is 0.746. The van der Waals surface area contributed by atoms with Gasteiger partial charge in [-0.25, -0.2) is 4.98 Å². The van der Waals surface area contributed by atoms with Gasteiger partial charge in [0.2, 0.25) is 0 Å². The zero-order valence-corrected chi connectivity index (χ0v) is 9.76. The topological polar surface area (TPSA) is 39.6 Å². The van der Waals surface area contributed by atoms with E-state index in [2.05, 4.69) is 21.7 Å². The molecule has 0 amide bonds. The first-order valence-electron chi connectivity index (χ1n) is 5.87. The van der Waals surface area contributed by atoms with Gasteiger partial charge >= 0.3 is 0 Å². The van der Waals surface area contributed by atoms with Gasteiger partial charge in [-0.15, -0.1) is 0 Å². The molecule has 2 rings (SSSR count). The highest BCUT2D eigenvalue weighted by Gasteiger charge is 2.16. The van der Waals surface area contributed by atoms with E-state index in [1.807, 2.05) is 18.2 Å². The zero-order valence-electron chi connectivity index (χ0n) is 9.76. The predicted molar refractivity (Wildman–Crippen MR) is 64.5 cm³/mol. The van der Waals surface area contributed by atoms with Crippen LogP contribution in [0.15, 0.2) is 18.2 Å². The Morgan fingerprint density at radius 3 is 2.62 bits per heavy atom. The van der Waals surface area contributed by atoms with E-state index in [4.69, 9.17) is 5.11 Å². The number of anilines is 1. The molecule has 0 spiro atoms. The van der Waals surface area contributed by atoms with Gasteiger partial charge in [0, 0.05) is 26.2 Å². The maximum Gasteiger partial charge on any atom is 0.128 e. The predicted octanol–water partition coefficient (Wildman–Crippen LogP) is 0.716. The van der Waals surface area contributed by atoms with E-state index in [1.165, 1.54) is 0 Å². The van der Waals surface area contributed by atoms with Crippen LogP contribution in [0, 0.1) is 0 Å². The van der Waals surface area contributed by atoms with Gasteiger partial charge in [0.15, 0.2) is 0 Å². The second-order valence-electron chi connectivity index (χ2n) is 4.07. The van der Waals surface area contributed by atoms with Gasteiger partial charge in [-0.2, -0.15) is 0 Å². The zero-order chi connectivity index (χ0) is 11.4. The monoisotopic (exact) mass is 221 g/mol. The summed E-state index contributed by atoms with van der Waals surface area (Å²) in [5, 5.41) is 9.05. The molecule has 1 aliphatic rings. The molecular formula is C12H19N3O. The molecule has 1 fully saturated rings. The van der Waals surface area contributed by atoms with Gasteiger partial charge in [-0.05, 0) is 18.7 Å². The molecule has 4 nitrogen and oxygen atoms in total. The number of piperazine rings is 1. The summed E-state index contributed by atoms with van der Waals surface area (Å²) >= 11 is 0. The van der Waals surface area contributed by atoms with Crippen LogP contribution in [-0.4, -0.2) is 47.7 Å². The first-order valence-corrected chi connectivity index (χ1v) is 5.87. The van der Waals surface area contributed by atoms with Crippen LogP contribution in [0.1, 0.15) is 12.6 Å². The fourth-order valence-electron chi connectivity index (χ4n) is 2.02. The van der Waals surface area contributed by atoms with E-state index in [0.29, 0.717) is 0 Å². The van der Waals surface area contributed by atoms with Crippen LogP contribution in [0.3, 0.4) is 0 Å². The molecule has 0 aliphatic carbocycles. The van der Waals surface area contributed by atoms with E-state index >= 15 is 0 Å². The molecule has 2 heterocycles. The first-order chi connectivity index (χ1) is 7.83. The Balaban J connectivity index is 2.02. The Hall–Kier alpha value is -1.13. The molecule has 0 saturated carbocycles. The third-order valence-corrected chi connectivity index (χ3v) is 3.10. The van der Waals surface area contributed by atoms with Crippen LogP contribution in [0.5, 0.6) is 0 Å². The summed E-state index contributed by atoms with van der Waals surface area (Å²) in [5.74, 6) is 0.988. The summed E-state index contributed by atoms with van der Waals surface area (Å²) in [4.78, 5) is 9.14. The molecule has 4 heteroatoms. The molecule has 0 aromatic carbocycles. The first kappa shape index (κ1) is 11.4. The van der Waals surface area contributed by atoms with E-state index in [1.54, 1.807) is 0 Å². The minimum atomic E-state index is 0.0166. The molecule has 1 saturated heterocycles. The molecule has 1 aliphatic heterocycles. The number of aliphatic hydroxyl groups excluding tert-OH is 1. The average Bonchev–Trinajstić information content (AvgIpc) is 2.39. The molecule has 16 heavy (non-hydrogen) atoms. The van der Waals surface area contributed by atoms with Gasteiger partial charge in [-0.3, -0.25) is 0 Å². The third-order valence-electron chi connectivity index (χ3n) is 3.10. The smallest absolute Gasteiger partial charge is 0.128 e. The number of rotatable bonds is 3. The van der Waals surface area contributed by atoms with Crippen molar-refractivity contribution in [3.8, 4) is 0 Å². The van der Waals surface area contributed by atoms with Crippen LogP contribution in [0.25, 0.3) is 0 Å². The summed E-state index contributed by atoms with van der Waals surface area (Å²) in [7, 11) is 0. The number of nitrogens with zero attached hydrogens (tertiary/aromatic N) is 3. The lowest BCUT2D eigenvalue weighted by Gasteiger charge is -2.34. The normalized spacial score (nSPS) is 17.8. The molecule has 1 N–H and O–H groups in total. The molecular weight excluding hydrogens is 202 g/mol.